The standard InChI is InChI=1S/C24H29N3O8/c1-27(2)7-6-26-9-11-10-4-3-5-13(28)15(10)20(31)18-16(11)19(30)12-8-14(29)17(23(25)34)21(32)24(12,35)22(18)33/h3-5,11-12,16-19,26,28,30,35H,6-9H2,1-2H3,(H2,25,34)/t11-,12+,16+,17?,18?,19+,24+/m0/s1. The van der Waals surface area contributed by atoms with Crippen molar-refractivity contribution in [2.75, 3.05) is 33.7 Å². The summed E-state index contributed by atoms with van der Waals surface area (Å²) < 4.78 is 0. The van der Waals surface area contributed by atoms with Gasteiger partial charge in [0, 0.05) is 43.8 Å². The van der Waals surface area contributed by atoms with Crippen molar-refractivity contribution >= 4 is 29.0 Å². The first kappa shape index (κ1) is 25.1. The number of nitrogens with zero attached hydrogens (tertiary/aromatic N) is 1. The SMILES string of the molecule is CN(C)CCNC[C@H]1c2cccc(O)c2C(=O)C2C(=O)[C@]3(O)C(=O)C(C(N)=O)C(=O)C[C@@H]3[C@@H](O)[C@@H]21. The maximum Gasteiger partial charge on any atom is 0.235 e. The molecule has 1 aromatic rings. The molecule has 0 radical (unpaired) electrons. The van der Waals surface area contributed by atoms with Gasteiger partial charge in [0.15, 0.2) is 34.7 Å². The molecule has 11 heteroatoms. The molecule has 1 aromatic carbocycles. The largest absolute Gasteiger partial charge is 0.507 e. The minimum Gasteiger partial charge on any atom is -0.507 e. The number of aliphatic hydroxyl groups excluding tert-OH is 1. The Kier molecular flexibility index (Phi) is 6.39. The van der Waals surface area contributed by atoms with Gasteiger partial charge >= 0.3 is 0 Å². The van der Waals surface area contributed by atoms with Crippen LogP contribution in [0.4, 0.5) is 0 Å². The Bertz CT molecular complexity index is 1120. The molecular formula is C24H29N3O8. The van der Waals surface area contributed by atoms with E-state index in [9.17, 15) is 39.3 Å². The Morgan fingerprint density at radius 3 is 2.51 bits per heavy atom. The molecule has 2 fully saturated rings. The van der Waals surface area contributed by atoms with Crippen LogP contribution in [0, 0.1) is 23.7 Å². The average Bonchev–Trinajstić information content (AvgIpc) is 2.77. The molecule has 3 aliphatic carbocycles. The molecule has 3 aliphatic rings. The van der Waals surface area contributed by atoms with Gasteiger partial charge in [-0.15, -0.1) is 0 Å². The minimum absolute atomic E-state index is 0.110. The number of hydrogen-bond acceptors (Lipinski definition) is 10. The third-order valence-electron chi connectivity index (χ3n) is 7.62. The van der Waals surface area contributed by atoms with Gasteiger partial charge in [0.2, 0.25) is 5.91 Å². The van der Waals surface area contributed by atoms with Gasteiger partial charge in [-0.3, -0.25) is 24.0 Å². The van der Waals surface area contributed by atoms with Crippen molar-refractivity contribution in [3.63, 3.8) is 0 Å². The van der Waals surface area contributed by atoms with Gasteiger partial charge in [-0.1, -0.05) is 12.1 Å². The van der Waals surface area contributed by atoms with Crippen LogP contribution in [0.15, 0.2) is 18.2 Å². The predicted octanol–water partition coefficient (Wildman–Crippen LogP) is -2.01. The lowest BCUT2D eigenvalue weighted by molar-refractivity contribution is -0.189. The van der Waals surface area contributed by atoms with Crippen molar-refractivity contribution in [1.82, 2.24) is 10.2 Å². The molecule has 11 nitrogen and oxygen atoms in total. The number of carbonyl (C=O) groups excluding carboxylic acids is 5. The topological polar surface area (TPSA) is 187 Å². The number of Topliss-reactive ketones (excluding diaryl/α,β-unsaturated/α-hetero) is 4. The maximum absolute atomic E-state index is 13.7. The van der Waals surface area contributed by atoms with Crippen molar-refractivity contribution in [3.05, 3.63) is 29.3 Å². The third-order valence-corrected chi connectivity index (χ3v) is 7.62. The second-order valence-corrected chi connectivity index (χ2v) is 9.87. The van der Waals surface area contributed by atoms with E-state index in [0.29, 0.717) is 18.7 Å². The molecule has 2 saturated carbocycles. The van der Waals surface area contributed by atoms with Crippen LogP contribution in [0.1, 0.15) is 28.3 Å². The fourth-order valence-electron chi connectivity index (χ4n) is 5.94. The Labute approximate surface area is 201 Å². The zero-order valence-corrected chi connectivity index (χ0v) is 19.4. The highest BCUT2D eigenvalue weighted by molar-refractivity contribution is 6.31. The zero-order valence-electron chi connectivity index (χ0n) is 19.4. The lowest BCUT2D eigenvalue weighted by Gasteiger charge is -2.53. The van der Waals surface area contributed by atoms with Crippen LogP contribution in [0.25, 0.3) is 0 Å². The molecule has 7 atom stereocenters. The van der Waals surface area contributed by atoms with E-state index < -0.39 is 76.8 Å². The summed E-state index contributed by atoms with van der Waals surface area (Å²) in [6, 6.07) is 4.47. The molecule has 0 heterocycles. The quantitative estimate of drug-likeness (QED) is 0.222. The normalized spacial score (nSPS) is 34.4. The summed E-state index contributed by atoms with van der Waals surface area (Å²) in [6.45, 7) is 1.46. The second kappa shape index (κ2) is 8.90. The molecule has 0 aromatic heterocycles. The van der Waals surface area contributed by atoms with Gasteiger partial charge < -0.3 is 31.3 Å². The Hall–Kier alpha value is -2.99. The van der Waals surface area contributed by atoms with E-state index in [-0.39, 0.29) is 17.9 Å². The van der Waals surface area contributed by atoms with Crippen molar-refractivity contribution in [1.29, 1.82) is 0 Å². The fourth-order valence-corrected chi connectivity index (χ4v) is 5.94. The molecule has 1 amide bonds. The number of benzene rings is 1. The summed E-state index contributed by atoms with van der Waals surface area (Å²) in [5, 5.41) is 36.4. The lowest BCUT2D eigenvalue weighted by atomic mass is 9.50. The first-order valence-electron chi connectivity index (χ1n) is 11.5. The highest BCUT2D eigenvalue weighted by atomic mass is 16.3. The number of nitrogens with two attached hydrogens (primary N) is 1. The van der Waals surface area contributed by atoms with E-state index in [0.717, 1.165) is 0 Å². The summed E-state index contributed by atoms with van der Waals surface area (Å²) in [5.41, 5.74) is 2.58. The van der Waals surface area contributed by atoms with E-state index in [1.165, 1.54) is 6.07 Å². The summed E-state index contributed by atoms with van der Waals surface area (Å²) in [6.07, 6.45) is -2.21. The van der Waals surface area contributed by atoms with Gasteiger partial charge in [0.25, 0.3) is 0 Å². The smallest absolute Gasteiger partial charge is 0.235 e. The van der Waals surface area contributed by atoms with Crippen LogP contribution in [0.2, 0.25) is 0 Å². The molecule has 0 bridgehead atoms. The highest BCUT2D eigenvalue weighted by Crippen LogP contribution is 2.53. The summed E-state index contributed by atoms with van der Waals surface area (Å²) in [5.74, 6) is -12.9. The van der Waals surface area contributed by atoms with Gasteiger partial charge in [-0.05, 0) is 25.7 Å². The molecular weight excluding hydrogens is 458 g/mol. The van der Waals surface area contributed by atoms with Crippen molar-refractivity contribution in [2.45, 2.75) is 24.0 Å². The van der Waals surface area contributed by atoms with Gasteiger partial charge in [-0.2, -0.15) is 0 Å². The first-order chi connectivity index (χ1) is 16.4. The number of amides is 1. The van der Waals surface area contributed by atoms with Crippen molar-refractivity contribution in [3.8, 4) is 5.75 Å². The number of fused-ring (bicyclic) bond motifs is 3. The second-order valence-electron chi connectivity index (χ2n) is 9.87. The number of aliphatic hydroxyl groups is 2. The number of ketones is 4. The molecule has 35 heavy (non-hydrogen) atoms. The molecule has 0 saturated heterocycles. The zero-order chi connectivity index (χ0) is 25.8. The number of hydrogen-bond donors (Lipinski definition) is 5. The van der Waals surface area contributed by atoms with E-state index in [1.54, 1.807) is 12.1 Å². The van der Waals surface area contributed by atoms with Crippen molar-refractivity contribution in [2.24, 2.45) is 29.4 Å². The maximum atomic E-state index is 13.7. The number of carbonyl (C=O) groups is 5. The Morgan fingerprint density at radius 2 is 1.89 bits per heavy atom. The van der Waals surface area contributed by atoms with E-state index >= 15 is 0 Å². The molecule has 0 spiro atoms. The van der Waals surface area contributed by atoms with E-state index in [4.69, 9.17) is 5.73 Å². The summed E-state index contributed by atoms with van der Waals surface area (Å²) in [4.78, 5) is 66.5. The van der Waals surface area contributed by atoms with Crippen LogP contribution < -0.4 is 11.1 Å². The first-order valence-corrected chi connectivity index (χ1v) is 11.5. The lowest BCUT2D eigenvalue weighted by Crippen LogP contribution is -2.72. The minimum atomic E-state index is -2.92. The summed E-state index contributed by atoms with van der Waals surface area (Å²) >= 11 is 0. The molecule has 6 N–H and O–H groups in total. The molecule has 4 rings (SSSR count). The number of aromatic hydroxyl groups is 1. The third kappa shape index (κ3) is 3.70. The van der Waals surface area contributed by atoms with Crippen LogP contribution in [0.3, 0.4) is 0 Å². The van der Waals surface area contributed by atoms with E-state index in [2.05, 4.69) is 5.32 Å². The van der Waals surface area contributed by atoms with Crippen LogP contribution in [-0.4, -0.2) is 94.7 Å². The van der Waals surface area contributed by atoms with Gasteiger partial charge in [0.1, 0.15) is 5.75 Å². The van der Waals surface area contributed by atoms with Crippen molar-refractivity contribution < 1.29 is 39.3 Å². The predicted molar refractivity (Wildman–Crippen MR) is 120 cm³/mol. The average molecular weight is 488 g/mol. The van der Waals surface area contributed by atoms with Gasteiger partial charge in [0.05, 0.1) is 17.6 Å². The molecule has 2 unspecified atom stereocenters. The monoisotopic (exact) mass is 487 g/mol. The molecule has 0 aliphatic heterocycles. The Balaban J connectivity index is 1.81. The van der Waals surface area contributed by atoms with Gasteiger partial charge in [-0.25, -0.2) is 0 Å². The van der Waals surface area contributed by atoms with Crippen LogP contribution in [-0.2, 0) is 19.2 Å². The number of phenols is 1. The number of nitrogens with one attached hydrogen (secondary N) is 1. The Morgan fingerprint density at radius 1 is 1.20 bits per heavy atom. The van der Waals surface area contributed by atoms with Crippen LogP contribution >= 0.6 is 0 Å². The van der Waals surface area contributed by atoms with Crippen LogP contribution in [0.5, 0.6) is 5.75 Å². The highest BCUT2D eigenvalue weighted by Gasteiger charge is 2.70. The number of likely N-dealkylation sites (N-methyl/N-ethyl adjacent to an activating group) is 1. The fraction of sp³-hybridized carbons (Fsp3) is 0.542. The summed E-state index contributed by atoms with van der Waals surface area (Å²) in [7, 11) is 3.79. The number of phenolic OH excluding ortho intramolecular Hbond substituents is 1. The molecule has 188 valence electrons. The van der Waals surface area contributed by atoms with E-state index in [1.807, 2.05) is 19.0 Å². The number of rotatable bonds is 6. The number of primary amides is 1.